The Kier molecular flexibility index (Phi) is 2.36. The summed E-state index contributed by atoms with van der Waals surface area (Å²) in [5.74, 6) is -3.00. The van der Waals surface area contributed by atoms with Crippen LogP contribution in [0.1, 0.15) is 20.7 Å². The number of rotatable bonds is 0. The zero-order valence-corrected chi connectivity index (χ0v) is 12.2. The van der Waals surface area contributed by atoms with E-state index in [9.17, 15) is 19.2 Å². The molecule has 2 saturated heterocycles. The van der Waals surface area contributed by atoms with Gasteiger partial charge < -0.3 is 0 Å². The fraction of sp³-hybridized carbons (Fsp3) is 0.375. The van der Waals surface area contributed by atoms with Crippen LogP contribution >= 0.6 is 0 Å². The molecule has 6 heteroatoms. The first-order valence-electron chi connectivity index (χ1n) is 7.13. The number of fused-ring (bicyclic) bond motifs is 3. The van der Waals surface area contributed by atoms with Gasteiger partial charge in [0.25, 0.3) is 0 Å². The van der Waals surface area contributed by atoms with Crippen molar-refractivity contribution in [1.82, 2.24) is 9.80 Å². The molecular weight excluding hydrogens is 284 g/mol. The fourth-order valence-electron chi connectivity index (χ4n) is 4.23. The van der Waals surface area contributed by atoms with E-state index in [1.54, 1.807) is 36.2 Å². The zero-order chi connectivity index (χ0) is 15.8. The van der Waals surface area contributed by atoms with Crippen LogP contribution in [0.4, 0.5) is 0 Å². The number of carbonyl (C=O) groups is 4. The summed E-state index contributed by atoms with van der Waals surface area (Å²) in [5.41, 5.74) is -0.865. The lowest BCUT2D eigenvalue weighted by Crippen LogP contribution is -2.57. The average molecular weight is 298 g/mol. The molecule has 2 aliphatic heterocycles. The van der Waals surface area contributed by atoms with Crippen molar-refractivity contribution in [3.05, 3.63) is 35.4 Å². The van der Waals surface area contributed by atoms with Crippen molar-refractivity contribution >= 4 is 23.4 Å². The van der Waals surface area contributed by atoms with E-state index in [-0.39, 0.29) is 24.0 Å². The molecule has 2 unspecified atom stereocenters. The van der Waals surface area contributed by atoms with Gasteiger partial charge in [0.15, 0.2) is 17.1 Å². The quantitative estimate of drug-likeness (QED) is 0.497. The van der Waals surface area contributed by atoms with Crippen LogP contribution in [0.25, 0.3) is 0 Å². The molecule has 2 heterocycles. The van der Waals surface area contributed by atoms with Crippen molar-refractivity contribution in [2.45, 2.75) is 5.54 Å². The molecular formula is C16H14N2O4. The molecule has 0 radical (unpaired) electrons. The standard InChI is InChI=1S/C16H14N2O4/c1-17-7-10-11(15(22)18(2)14(10)21)16(17)12(19)8-5-3-4-6-9(8)13(16)20/h3-6,10-11H,7H2,1-2H3. The van der Waals surface area contributed by atoms with Crippen LogP contribution in [0.2, 0.25) is 0 Å². The number of ketones is 2. The van der Waals surface area contributed by atoms with Gasteiger partial charge in [-0.15, -0.1) is 0 Å². The smallest absolute Gasteiger partial charge is 0.235 e. The highest BCUT2D eigenvalue weighted by molar-refractivity contribution is 6.35. The topological polar surface area (TPSA) is 74.8 Å². The summed E-state index contributed by atoms with van der Waals surface area (Å²) in [7, 11) is 3.05. The monoisotopic (exact) mass is 298 g/mol. The minimum Gasteiger partial charge on any atom is -0.291 e. The summed E-state index contributed by atoms with van der Waals surface area (Å²) in [6.07, 6.45) is 0. The van der Waals surface area contributed by atoms with Gasteiger partial charge in [-0.25, -0.2) is 0 Å². The van der Waals surface area contributed by atoms with E-state index < -0.39 is 23.3 Å². The lowest BCUT2D eigenvalue weighted by atomic mass is 9.77. The Morgan fingerprint density at radius 1 is 0.955 bits per heavy atom. The molecule has 1 aromatic rings. The van der Waals surface area contributed by atoms with E-state index in [0.29, 0.717) is 11.1 Å². The van der Waals surface area contributed by atoms with Gasteiger partial charge in [0.05, 0.1) is 11.8 Å². The van der Waals surface area contributed by atoms with Crippen LogP contribution in [0, 0.1) is 11.8 Å². The van der Waals surface area contributed by atoms with Crippen LogP contribution in [-0.4, -0.2) is 59.4 Å². The molecule has 4 rings (SSSR count). The van der Waals surface area contributed by atoms with Crippen molar-refractivity contribution in [1.29, 1.82) is 0 Å². The zero-order valence-electron chi connectivity index (χ0n) is 12.2. The third-order valence-corrected chi connectivity index (χ3v) is 5.28. The summed E-state index contributed by atoms with van der Waals surface area (Å²) in [6.45, 7) is 0.241. The first-order chi connectivity index (χ1) is 10.4. The molecule has 1 spiro atoms. The van der Waals surface area contributed by atoms with Crippen molar-refractivity contribution in [2.24, 2.45) is 11.8 Å². The molecule has 2 fully saturated rings. The lowest BCUT2D eigenvalue weighted by Gasteiger charge is -2.32. The van der Waals surface area contributed by atoms with Crippen molar-refractivity contribution < 1.29 is 19.2 Å². The SMILES string of the molecule is CN1C(=O)C2CN(C)C3(C(=O)c4ccccc4C3=O)C2C1=O. The predicted molar refractivity (Wildman–Crippen MR) is 75.2 cm³/mol. The van der Waals surface area contributed by atoms with E-state index in [1.807, 2.05) is 0 Å². The van der Waals surface area contributed by atoms with Crippen LogP contribution in [-0.2, 0) is 9.59 Å². The Labute approximate surface area is 126 Å². The molecule has 0 aromatic heterocycles. The summed E-state index contributed by atoms with van der Waals surface area (Å²) in [6, 6.07) is 6.61. The van der Waals surface area contributed by atoms with Gasteiger partial charge in [0, 0.05) is 24.7 Å². The maximum Gasteiger partial charge on any atom is 0.235 e. The molecule has 112 valence electrons. The third-order valence-electron chi connectivity index (χ3n) is 5.28. The summed E-state index contributed by atoms with van der Waals surface area (Å²) in [5, 5.41) is 0. The third kappa shape index (κ3) is 1.17. The van der Waals surface area contributed by atoms with Gasteiger partial charge in [-0.3, -0.25) is 29.0 Å². The molecule has 0 saturated carbocycles. The number of nitrogens with zero attached hydrogens (tertiary/aromatic N) is 2. The molecule has 0 bridgehead atoms. The molecule has 1 aromatic carbocycles. The van der Waals surface area contributed by atoms with Crippen molar-refractivity contribution in [2.75, 3.05) is 20.6 Å². The second-order valence-electron chi connectivity index (χ2n) is 6.17. The highest BCUT2D eigenvalue weighted by Gasteiger charge is 2.72. The Balaban J connectivity index is 1.96. The number of benzene rings is 1. The number of hydrogen-bond acceptors (Lipinski definition) is 5. The number of likely N-dealkylation sites (tertiary alicyclic amines) is 2. The van der Waals surface area contributed by atoms with E-state index in [4.69, 9.17) is 0 Å². The Bertz CT molecular complexity index is 734. The van der Waals surface area contributed by atoms with Crippen LogP contribution in [0.15, 0.2) is 24.3 Å². The van der Waals surface area contributed by atoms with E-state index in [0.717, 1.165) is 4.90 Å². The minimum atomic E-state index is -1.55. The minimum absolute atomic E-state index is 0.241. The van der Waals surface area contributed by atoms with Crippen LogP contribution in [0.5, 0.6) is 0 Å². The summed E-state index contributed by atoms with van der Waals surface area (Å²) < 4.78 is 0. The van der Waals surface area contributed by atoms with Gasteiger partial charge in [-0.2, -0.15) is 0 Å². The first-order valence-corrected chi connectivity index (χ1v) is 7.13. The van der Waals surface area contributed by atoms with Gasteiger partial charge in [-0.05, 0) is 7.05 Å². The van der Waals surface area contributed by atoms with Crippen LogP contribution in [0.3, 0.4) is 0 Å². The van der Waals surface area contributed by atoms with E-state index >= 15 is 0 Å². The Hall–Kier alpha value is -2.34. The molecule has 2 amide bonds. The lowest BCUT2D eigenvalue weighted by molar-refractivity contribution is -0.139. The molecule has 6 nitrogen and oxygen atoms in total. The average Bonchev–Trinajstić information content (AvgIpc) is 3.02. The number of carbonyl (C=O) groups excluding carboxylic acids is 4. The first kappa shape index (κ1) is 13.3. The molecule has 0 N–H and O–H groups in total. The molecule has 2 atom stereocenters. The highest BCUT2D eigenvalue weighted by atomic mass is 16.2. The van der Waals surface area contributed by atoms with Gasteiger partial charge >= 0.3 is 0 Å². The number of likely N-dealkylation sites (N-methyl/N-ethyl adjacent to an activating group) is 1. The maximum atomic E-state index is 13.0. The van der Waals surface area contributed by atoms with Gasteiger partial charge in [0.1, 0.15) is 0 Å². The fourth-order valence-corrected chi connectivity index (χ4v) is 4.23. The van der Waals surface area contributed by atoms with Gasteiger partial charge in [-0.1, -0.05) is 24.3 Å². The number of hydrogen-bond donors (Lipinski definition) is 0. The number of amides is 2. The molecule has 22 heavy (non-hydrogen) atoms. The van der Waals surface area contributed by atoms with Crippen molar-refractivity contribution in [3.8, 4) is 0 Å². The largest absolute Gasteiger partial charge is 0.291 e. The van der Waals surface area contributed by atoms with Gasteiger partial charge in [0.2, 0.25) is 11.8 Å². The van der Waals surface area contributed by atoms with E-state index in [2.05, 4.69) is 0 Å². The second-order valence-corrected chi connectivity index (χ2v) is 6.17. The summed E-state index contributed by atoms with van der Waals surface area (Å²) in [4.78, 5) is 53.4. The van der Waals surface area contributed by atoms with E-state index in [1.165, 1.54) is 7.05 Å². The Morgan fingerprint density at radius 2 is 1.50 bits per heavy atom. The maximum absolute atomic E-state index is 13.0. The highest BCUT2D eigenvalue weighted by Crippen LogP contribution is 2.50. The molecule has 3 aliphatic rings. The van der Waals surface area contributed by atoms with Crippen LogP contribution < -0.4 is 0 Å². The second kappa shape index (κ2) is 3.89. The predicted octanol–water partition coefficient (Wildman–Crippen LogP) is -0.0192. The normalized spacial score (nSPS) is 29.6. The number of imide groups is 1. The molecule has 1 aliphatic carbocycles. The number of Topliss-reactive ketones (excluding diaryl/α,β-unsaturated/α-hetero) is 2. The van der Waals surface area contributed by atoms with Crippen molar-refractivity contribution in [3.63, 3.8) is 0 Å². The summed E-state index contributed by atoms with van der Waals surface area (Å²) >= 11 is 0. The Morgan fingerprint density at radius 3 is 2.05 bits per heavy atom.